The Balaban J connectivity index is 1.93. The van der Waals surface area contributed by atoms with Crippen LogP contribution in [-0.2, 0) is 6.54 Å². The molecule has 0 saturated carbocycles. The van der Waals surface area contributed by atoms with E-state index in [-0.39, 0.29) is 0 Å². The van der Waals surface area contributed by atoms with Gasteiger partial charge in [-0.15, -0.1) is 0 Å². The van der Waals surface area contributed by atoms with Gasteiger partial charge in [-0.05, 0) is 35.9 Å². The quantitative estimate of drug-likeness (QED) is 0.737. The molecule has 0 radical (unpaired) electrons. The van der Waals surface area contributed by atoms with Gasteiger partial charge in [-0.3, -0.25) is 10.7 Å². The molecule has 3 rings (SSSR count). The Labute approximate surface area is 129 Å². The summed E-state index contributed by atoms with van der Waals surface area (Å²) >= 11 is 0. The molecular weight excluding hydrogens is 276 g/mol. The Morgan fingerprint density at radius 3 is 2.77 bits per heavy atom. The molecule has 0 saturated heterocycles. The van der Waals surface area contributed by atoms with Gasteiger partial charge in [-0.25, -0.2) is 4.99 Å². The molecule has 112 valence electrons. The van der Waals surface area contributed by atoms with Gasteiger partial charge in [0.2, 0.25) is 0 Å². The van der Waals surface area contributed by atoms with Crippen LogP contribution in [-0.4, -0.2) is 17.0 Å². The molecule has 1 atom stereocenters. The summed E-state index contributed by atoms with van der Waals surface area (Å²) in [6.07, 6.45) is 6.76. The number of pyridine rings is 1. The number of aliphatic imine (C=N–C) groups is 1. The zero-order valence-corrected chi connectivity index (χ0v) is 12.1. The van der Waals surface area contributed by atoms with Crippen LogP contribution in [0.15, 0.2) is 60.0 Å². The zero-order chi connectivity index (χ0) is 15.5. The average molecular weight is 294 g/mol. The number of hydrogen-bond acceptors (Lipinski definition) is 6. The fraction of sp³-hybridized carbons (Fsp3) is 0.125. The lowest BCUT2D eigenvalue weighted by Gasteiger charge is -2.30. The van der Waals surface area contributed by atoms with Crippen molar-refractivity contribution >= 4 is 17.1 Å². The van der Waals surface area contributed by atoms with Crippen molar-refractivity contribution in [3.63, 3.8) is 0 Å². The van der Waals surface area contributed by atoms with E-state index in [1.54, 1.807) is 12.4 Å². The minimum atomic E-state index is -0.535. The fourth-order valence-electron chi connectivity index (χ4n) is 2.39. The summed E-state index contributed by atoms with van der Waals surface area (Å²) in [7, 11) is 0. The number of hydrogen-bond donors (Lipinski definition) is 3. The van der Waals surface area contributed by atoms with Gasteiger partial charge in [-0.2, -0.15) is 0 Å². The predicted octanol–water partition coefficient (Wildman–Crippen LogP) is 1.19. The number of nitrogen functional groups attached to an aromatic ring is 1. The van der Waals surface area contributed by atoms with E-state index in [0.29, 0.717) is 12.2 Å². The second-order valence-electron chi connectivity index (χ2n) is 4.98. The molecule has 0 spiro atoms. The Morgan fingerprint density at radius 1 is 1.23 bits per heavy atom. The van der Waals surface area contributed by atoms with Gasteiger partial charge >= 0.3 is 0 Å². The Kier molecular flexibility index (Phi) is 3.86. The van der Waals surface area contributed by atoms with Gasteiger partial charge in [-0.1, -0.05) is 6.07 Å². The lowest BCUT2D eigenvalue weighted by Crippen LogP contribution is -2.40. The number of aromatic nitrogens is 1. The molecule has 1 unspecified atom stereocenters. The molecule has 0 amide bonds. The fourth-order valence-corrected chi connectivity index (χ4v) is 2.39. The lowest BCUT2D eigenvalue weighted by atomic mass is 10.1. The third-order valence-corrected chi connectivity index (χ3v) is 3.51. The number of nitrogens with zero attached hydrogens (tertiary/aromatic N) is 3. The monoisotopic (exact) mass is 294 g/mol. The van der Waals surface area contributed by atoms with Crippen LogP contribution in [0.3, 0.4) is 0 Å². The third kappa shape index (κ3) is 2.69. The van der Waals surface area contributed by atoms with Gasteiger partial charge in [0.15, 0.2) is 6.29 Å². The van der Waals surface area contributed by atoms with Crippen molar-refractivity contribution in [3.8, 4) is 0 Å². The van der Waals surface area contributed by atoms with Crippen LogP contribution in [0.5, 0.6) is 0 Å². The van der Waals surface area contributed by atoms with Crippen molar-refractivity contribution in [2.75, 3.05) is 10.6 Å². The number of rotatable bonds is 3. The largest absolute Gasteiger partial charge is 0.399 e. The molecule has 6 nitrogen and oxygen atoms in total. The highest BCUT2D eigenvalue weighted by molar-refractivity contribution is 6.09. The molecule has 1 aliphatic heterocycles. The lowest BCUT2D eigenvalue weighted by molar-refractivity contribution is 0.704. The summed E-state index contributed by atoms with van der Waals surface area (Å²) < 4.78 is 0. The molecule has 0 fully saturated rings. The average Bonchev–Trinajstić information content (AvgIpc) is 2.55. The summed E-state index contributed by atoms with van der Waals surface area (Å²) in [5, 5.41) is 0. The van der Waals surface area contributed by atoms with Crippen molar-refractivity contribution in [2.24, 2.45) is 16.5 Å². The normalized spacial score (nSPS) is 17.5. The highest BCUT2D eigenvalue weighted by atomic mass is 15.3. The first-order chi connectivity index (χ1) is 10.7. The maximum atomic E-state index is 6.20. The van der Waals surface area contributed by atoms with Crippen LogP contribution in [0, 0.1) is 0 Å². The van der Waals surface area contributed by atoms with Gasteiger partial charge < -0.3 is 16.4 Å². The summed E-state index contributed by atoms with van der Waals surface area (Å²) in [5.41, 5.74) is 22.1. The Hall–Kier alpha value is -2.70. The Bertz CT molecular complexity index is 723. The van der Waals surface area contributed by atoms with E-state index in [1.165, 1.54) is 0 Å². The second kappa shape index (κ2) is 5.97. The van der Waals surface area contributed by atoms with Crippen LogP contribution in [0.1, 0.15) is 11.1 Å². The van der Waals surface area contributed by atoms with Crippen LogP contribution in [0.4, 0.5) is 11.4 Å². The van der Waals surface area contributed by atoms with E-state index in [1.807, 2.05) is 47.5 Å². The first-order valence-electron chi connectivity index (χ1n) is 6.98. The molecular formula is C16H18N6. The highest BCUT2D eigenvalue weighted by Crippen LogP contribution is 2.26. The van der Waals surface area contributed by atoms with E-state index >= 15 is 0 Å². The predicted molar refractivity (Wildman–Crippen MR) is 89.1 cm³/mol. The van der Waals surface area contributed by atoms with Gasteiger partial charge in [0.25, 0.3) is 0 Å². The Morgan fingerprint density at radius 2 is 2.09 bits per heavy atom. The molecule has 1 aromatic carbocycles. The van der Waals surface area contributed by atoms with E-state index in [4.69, 9.17) is 17.2 Å². The van der Waals surface area contributed by atoms with E-state index < -0.39 is 6.29 Å². The number of benzene rings is 1. The van der Waals surface area contributed by atoms with Crippen LogP contribution < -0.4 is 22.1 Å². The van der Waals surface area contributed by atoms with Crippen molar-refractivity contribution < 1.29 is 0 Å². The van der Waals surface area contributed by atoms with Crippen LogP contribution >= 0.6 is 0 Å². The van der Waals surface area contributed by atoms with Gasteiger partial charge in [0.05, 0.1) is 11.4 Å². The molecule has 2 aromatic rings. The van der Waals surface area contributed by atoms with Crippen LogP contribution in [0.25, 0.3) is 0 Å². The molecule has 2 heterocycles. The van der Waals surface area contributed by atoms with Gasteiger partial charge in [0, 0.05) is 36.4 Å². The third-order valence-electron chi connectivity index (χ3n) is 3.51. The second-order valence-corrected chi connectivity index (χ2v) is 4.98. The topological polar surface area (TPSA) is 107 Å². The highest BCUT2D eigenvalue weighted by Gasteiger charge is 2.19. The number of allylic oxidation sites excluding steroid dienone is 1. The number of anilines is 2. The van der Waals surface area contributed by atoms with Crippen molar-refractivity contribution in [1.29, 1.82) is 0 Å². The minimum absolute atomic E-state index is 0.409. The smallest absolute Gasteiger partial charge is 0.178 e. The molecule has 6 heteroatoms. The maximum absolute atomic E-state index is 6.20. The number of nitrogens with two attached hydrogens (primary N) is 3. The van der Waals surface area contributed by atoms with Crippen molar-refractivity contribution in [1.82, 2.24) is 4.98 Å². The first kappa shape index (κ1) is 14.2. The zero-order valence-electron chi connectivity index (χ0n) is 12.1. The maximum Gasteiger partial charge on any atom is 0.178 e. The molecule has 22 heavy (non-hydrogen) atoms. The SMILES string of the molecule is NCc1ccc(N)cc1N1C=CC(c2cccnc2)=NC1N. The van der Waals surface area contributed by atoms with Crippen molar-refractivity contribution in [3.05, 3.63) is 66.1 Å². The van der Waals surface area contributed by atoms with Gasteiger partial charge in [0.1, 0.15) is 0 Å². The molecule has 1 aromatic heterocycles. The van der Waals surface area contributed by atoms with Crippen LogP contribution in [0.2, 0.25) is 0 Å². The summed E-state index contributed by atoms with van der Waals surface area (Å²) in [6.45, 7) is 0.409. The summed E-state index contributed by atoms with van der Waals surface area (Å²) in [5.74, 6) is 0. The molecule has 0 bridgehead atoms. The minimum Gasteiger partial charge on any atom is -0.399 e. The van der Waals surface area contributed by atoms with E-state index in [0.717, 1.165) is 22.5 Å². The van der Waals surface area contributed by atoms with Crippen molar-refractivity contribution in [2.45, 2.75) is 12.8 Å². The summed E-state index contributed by atoms with van der Waals surface area (Å²) in [4.78, 5) is 10.5. The first-order valence-corrected chi connectivity index (χ1v) is 6.98. The van der Waals surface area contributed by atoms with E-state index in [9.17, 15) is 0 Å². The van der Waals surface area contributed by atoms with E-state index in [2.05, 4.69) is 9.98 Å². The standard InChI is InChI=1S/C16H18N6/c17-9-11-3-4-13(18)8-15(11)22-7-5-14(21-16(22)19)12-2-1-6-20-10-12/h1-8,10,16H,9,17-19H2. The molecule has 6 N–H and O–H groups in total. The summed E-state index contributed by atoms with van der Waals surface area (Å²) in [6, 6.07) is 9.41. The molecule has 0 aliphatic carbocycles. The molecule has 1 aliphatic rings.